The third kappa shape index (κ3) is 4.90. The number of aliphatic carboxylic acids is 2. The van der Waals surface area contributed by atoms with E-state index in [1.165, 1.54) is 24.3 Å². The number of carbonyl (C=O) groups is 3. The molecule has 1 amide bonds. The highest BCUT2D eigenvalue weighted by Gasteiger charge is 2.24. The van der Waals surface area contributed by atoms with Crippen LogP contribution in [0, 0.1) is 10.1 Å². The van der Waals surface area contributed by atoms with Crippen molar-refractivity contribution in [2.75, 3.05) is 0 Å². The summed E-state index contributed by atoms with van der Waals surface area (Å²) in [6.45, 7) is 0. The van der Waals surface area contributed by atoms with Gasteiger partial charge in [0.05, 0.1) is 17.8 Å². The van der Waals surface area contributed by atoms with Gasteiger partial charge >= 0.3 is 11.9 Å². The Balaban J connectivity index is 2.79. The Kier molecular flexibility index (Phi) is 5.35. The second-order valence-corrected chi connectivity index (χ2v) is 4.12. The molecule has 21 heavy (non-hydrogen) atoms. The minimum Gasteiger partial charge on any atom is -0.481 e. The number of hydrogen-bond acceptors (Lipinski definition) is 5. The third-order valence-corrected chi connectivity index (χ3v) is 2.55. The van der Waals surface area contributed by atoms with Crippen LogP contribution in [-0.4, -0.2) is 39.0 Å². The molecule has 0 aliphatic heterocycles. The predicted octanol–water partition coefficient (Wildman–Crippen LogP) is 0.181. The van der Waals surface area contributed by atoms with E-state index in [1.807, 2.05) is 5.32 Å². The molecule has 0 aliphatic carbocycles. The highest BCUT2D eigenvalue weighted by molar-refractivity contribution is 5.88. The molecule has 0 bridgehead atoms. The topological polar surface area (TPSA) is 147 Å². The molecule has 0 aliphatic rings. The van der Waals surface area contributed by atoms with Crippen LogP contribution < -0.4 is 5.32 Å². The Morgan fingerprint density at radius 2 is 1.86 bits per heavy atom. The minimum absolute atomic E-state index is 0.111. The predicted molar refractivity (Wildman–Crippen MR) is 68.6 cm³/mol. The van der Waals surface area contributed by atoms with E-state index in [0.717, 1.165) is 0 Å². The number of nitrogens with one attached hydrogen (secondary N) is 1. The van der Waals surface area contributed by atoms with Gasteiger partial charge in [0.15, 0.2) is 0 Å². The number of carbonyl (C=O) groups excluding carboxylic acids is 1. The molecule has 0 fully saturated rings. The number of rotatable bonds is 7. The first-order valence-electron chi connectivity index (χ1n) is 5.77. The summed E-state index contributed by atoms with van der Waals surface area (Å²) < 4.78 is 0. The lowest BCUT2D eigenvalue weighted by molar-refractivity contribution is -0.385. The molecule has 0 unspecified atom stereocenters. The number of nitrogens with zero attached hydrogens (tertiary/aromatic N) is 1. The molecule has 1 atom stereocenters. The van der Waals surface area contributed by atoms with Crippen molar-refractivity contribution in [1.29, 1.82) is 0 Å². The fourth-order valence-electron chi connectivity index (χ4n) is 1.63. The normalized spacial score (nSPS) is 11.4. The summed E-state index contributed by atoms with van der Waals surface area (Å²) >= 11 is 0. The van der Waals surface area contributed by atoms with Crippen LogP contribution >= 0.6 is 0 Å². The number of benzene rings is 1. The Hall–Kier alpha value is -2.97. The summed E-state index contributed by atoms with van der Waals surface area (Å²) in [6, 6.07) is 3.93. The summed E-state index contributed by atoms with van der Waals surface area (Å²) in [5, 5.41) is 30.1. The largest absolute Gasteiger partial charge is 0.481 e. The molecule has 9 nitrogen and oxygen atoms in total. The van der Waals surface area contributed by atoms with E-state index >= 15 is 0 Å². The van der Waals surface area contributed by atoms with Crippen molar-refractivity contribution in [3.05, 3.63) is 39.9 Å². The van der Waals surface area contributed by atoms with Crippen LogP contribution in [0.4, 0.5) is 5.69 Å². The van der Waals surface area contributed by atoms with Crippen molar-refractivity contribution in [2.24, 2.45) is 0 Å². The quantitative estimate of drug-likeness (QED) is 0.480. The summed E-state index contributed by atoms with van der Waals surface area (Å²) in [5.74, 6) is -3.68. The summed E-state index contributed by atoms with van der Waals surface area (Å²) in [5.41, 5.74) is -0.155. The number of amides is 1. The SMILES string of the molecule is O=C(O)C[C@@H](NC(=O)Cc1ccccc1[N+](=O)[O-])C(=O)O. The number of hydrogen-bond donors (Lipinski definition) is 3. The third-order valence-electron chi connectivity index (χ3n) is 2.55. The van der Waals surface area contributed by atoms with Crippen LogP contribution in [0.5, 0.6) is 0 Å². The highest BCUT2D eigenvalue weighted by Crippen LogP contribution is 2.18. The highest BCUT2D eigenvalue weighted by atomic mass is 16.6. The Morgan fingerprint density at radius 1 is 1.24 bits per heavy atom. The molecule has 9 heteroatoms. The van der Waals surface area contributed by atoms with Crippen LogP contribution in [-0.2, 0) is 20.8 Å². The van der Waals surface area contributed by atoms with Crippen molar-refractivity contribution >= 4 is 23.5 Å². The van der Waals surface area contributed by atoms with Gasteiger partial charge in [-0.25, -0.2) is 4.79 Å². The van der Waals surface area contributed by atoms with Crippen LogP contribution in [0.25, 0.3) is 0 Å². The minimum atomic E-state index is -1.59. The lowest BCUT2D eigenvalue weighted by Crippen LogP contribution is -2.42. The van der Waals surface area contributed by atoms with Gasteiger partial charge in [0.25, 0.3) is 5.69 Å². The first-order valence-corrected chi connectivity index (χ1v) is 5.77. The van der Waals surface area contributed by atoms with Gasteiger partial charge in [-0.15, -0.1) is 0 Å². The van der Waals surface area contributed by atoms with Crippen molar-refractivity contribution in [2.45, 2.75) is 18.9 Å². The zero-order chi connectivity index (χ0) is 16.0. The standard InChI is InChI=1S/C12H12N2O7/c15-10(13-8(12(18)19)6-11(16)17)5-7-3-1-2-4-9(7)14(20)21/h1-4,8H,5-6H2,(H,13,15)(H,16,17)(H,18,19)/t8-/m1/s1. The van der Waals surface area contributed by atoms with Crippen molar-refractivity contribution in [1.82, 2.24) is 5.32 Å². The molecular formula is C12H12N2O7. The van der Waals surface area contributed by atoms with E-state index in [-0.39, 0.29) is 11.3 Å². The molecule has 0 heterocycles. The fraction of sp³-hybridized carbons (Fsp3) is 0.250. The van der Waals surface area contributed by atoms with E-state index in [0.29, 0.717) is 0 Å². The Bertz CT molecular complexity index is 585. The Labute approximate surface area is 118 Å². The first kappa shape index (κ1) is 16.1. The average Bonchev–Trinajstić information content (AvgIpc) is 2.37. The van der Waals surface area contributed by atoms with E-state index in [4.69, 9.17) is 10.2 Å². The van der Waals surface area contributed by atoms with Crippen molar-refractivity contribution < 1.29 is 29.5 Å². The van der Waals surface area contributed by atoms with Gasteiger partial charge < -0.3 is 15.5 Å². The van der Waals surface area contributed by atoms with Gasteiger partial charge in [0, 0.05) is 11.6 Å². The summed E-state index contributed by atoms with van der Waals surface area (Å²) in [7, 11) is 0. The molecule has 112 valence electrons. The van der Waals surface area contributed by atoms with Gasteiger partial charge in [0.1, 0.15) is 6.04 Å². The van der Waals surface area contributed by atoms with E-state index in [1.54, 1.807) is 0 Å². The molecule has 1 rings (SSSR count). The molecule has 0 spiro atoms. The zero-order valence-corrected chi connectivity index (χ0v) is 10.7. The number of nitro groups is 1. The molecule has 1 aromatic rings. The maximum Gasteiger partial charge on any atom is 0.326 e. The van der Waals surface area contributed by atoms with Gasteiger partial charge in [-0.05, 0) is 0 Å². The number of para-hydroxylation sites is 1. The van der Waals surface area contributed by atoms with Crippen molar-refractivity contribution in [3.8, 4) is 0 Å². The maximum absolute atomic E-state index is 11.7. The van der Waals surface area contributed by atoms with Crippen molar-refractivity contribution in [3.63, 3.8) is 0 Å². The molecule has 0 radical (unpaired) electrons. The van der Waals surface area contributed by atoms with E-state index in [2.05, 4.69) is 0 Å². The summed E-state index contributed by atoms with van der Waals surface area (Å²) in [4.78, 5) is 43.1. The smallest absolute Gasteiger partial charge is 0.326 e. The zero-order valence-electron chi connectivity index (χ0n) is 10.7. The molecule has 0 saturated heterocycles. The van der Waals surface area contributed by atoms with Crippen LogP contribution in [0.15, 0.2) is 24.3 Å². The number of carboxylic acids is 2. The van der Waals surface area contributed by atoms with Crippen LogP contribution in [0.2, 0.25) is 0 Å². The van der Waals surface area contributed by atoms with Gasteiger partial charge in [-0.3, -0.25) is 19.7 Å². The molecule has 3 N–H and O–H groups in total. The molecular weight excluding hydrogens is 284 g/mol. The van der Waals surface area contributed by atoms with Crippen LogP contribution in [0.3, 0.4) is 0 Å². The monoisotopic (exact) mass is 296 g/mol. The van der Waals surface area contributed by atoms with Gasteiger partial charge in [-0.1, -0.05) is 18.2 Å². The number of nitro benzene ring substituents is 1. The van der Waals surface area contributed by atoms with Crippen LogP contribution in [0.1, 0.15) is 12.0 Å². The average molecular weight is 296 g/mol. The molecule has 0 aromatic heterocycles. The second-order valence-electron chi connectivity index (χ2n) is 4.12. The lowest BCUT2D eigenvalue weighted by Gasteiger charge is -2.12. The van der Waals surface area contributed by atoms with E-state index in [9.17, 15) is 24.5 Å². The van der Waals surface area contributed by atoms with Gasteiger partial charge in [-0.2, -0.15) is 0 Å². The lowest BCUT2D eigenvalue weighted by atomic mass is 10.1. The fourth-order valence-corrected chi connectivity index (χ4v) is 1.63. The Morgan fingerprint density at radius 3 is 2.38 bits per heavy atom. The molecule has 0 saturated carbocycles. The molecule has 1 aromatic carbocycles. The second kappa shape index (κ2) is 6.98. The van der Waals surface area contributed by atoms with Gasteiger partial charge in [0.2, 0.25) is 5.91 Å². The number of carboxylic acid groups (broad SMARTS) is 2. The maximum atomic E-state index is 11.7. The van der Waals surface area contributed by atoms with E-state index < -0.39 is 41.7 Å². The first-order chi connectivity index (χ1) is 9.81. The summed E-state index contributed by atoms with van der Waals surface area (Å²) in [6.07, 6.45) is -1.20.